The summed E-state index contributed by atoms with van der Waals surface area (Å²) in [4.78, 5) is 16.1. The lowest BCUT2D eigenvalue weighted by Crippen LogP contribution is -2.31. The molecule has 0 aliphatic rings. The van der Waals surface area contributed by atoms with Crippen molar-refractivity contribution in [1.82, 2.24) is 14.6 Å². The maximum atomic E-state index is 14.2. The minimum absolute atomic E-state index is 0.00773. The number of amides is 1. The molecular weight excluding hydrogens is 397 g/mol. The predicted molar refractivity (Wildman–Crippen MR) is 108 cm³/mol. The normalized spacial score (nSPS) is 11.7. The Bertz CT molecular complexity index is 943. The third-order valence-corrected chi connectivity index (χ3v) is 6.19. The molecule has 0 spiro atoms. The molecule has 1 heterocycles. The summed E-state index contributed by atoms with van der Waals surface area (Å²) in [5.41, 5.74) is 0.803. The second kappa shape index (κ2) is 9.80. The summed E-state index contributed by atoms with van der Waals surface area (Å²) in [5, 5.41) is 2.68. The average molecular weight is 424 g/mol. The Morgan fingerprint density at radius 1 is 1.21 bits per heavy atom. The van der Waals surface area contributed by atoms with E-state index in [2.05, 4.69) is 10.3 Å². The molecule has 0 radical (unpaired) electrons. The van der Waals surface area contributed by atoms with Gasteiger partial charge in [-0.05, 0) is 37.6 Å². The van der Waals surface area contributed by atoms with E-state index >= 15 is 0 Å². The summed E-state index contributed by atoms with van der Waals surface area (Å²) in [6.45, 7) is 7.72. The van der Waals surface area contributed by atoms with Crippen molar-refractivity contribution < 1.29 is 22.3 Å². The Morgan fingerprint density at radius 2 is 1.90 bits per heavy atom. The quantitative estimate of drug-likeness (QED) is 0.670. The highest BCUT2D eigenvalue weighted by atomic mass is 32.2. The zero-order chi connectivity index (χ0) is 21.6. The first-order chi connectivity index (χ1) is 13.7. The molecule has 0 saturated carbocycles. The van der Waals surface area contributed by atoms with E-state index in [9.17, 15) is 17.6 Å². The number of sulfonamides is 1. The van der Waals surface area contributed by atoms with Gasteiger partial charge in [-0.3, -0.25) is 4.79 Å². The van der Waals surface area contributed by atoms with Crippen molar-refractivity contribution in [2.24, 2.45) is 0 Å². The number of ether oxygens (including phenoxy) is 1. The molecule has 158 valence electrons. The number of rotatable bonds is 9. The highest BCUT2D eigenvalue weighted by Crippen LogP contribution is 2.21. The highest BCUT2D eigenvalue weighted by Gasteiger charge is 2.26. The van der Waals surface area contributed by atoms with Crippen LogP contribution in [-0.4, -0.2) is 42.8 Å². The van der Waals surface area contributed by atoms with Gasteiger partial charge in [-0.2, -0.15) is 4.31 Å². The van der Waals surface area contributed by atoms with Gasteiger partial charge in [0.15, 0.2) is 0 Å². The van der Waals surface area contributed by atoms with E-state index < -0.39 is 26.6 Å². The maximum Gasteiger partial charge on any atom is 0.251 e. The molecule has 1 amide bonds. The average Bonchev–Trinajstić information content (AvgIpc) is 2.67. The number of aromatic nitrogens is 1. The van der Waals surface area contributed by atoms with Crippen molar-refractivity contribution in [3.63, 3.8) is 0 Å². The van der Waals surface area contributed by atoms with Gasteiger partial charge in [-0.25, -0.2) is 17.8 Å². The topological polar surface area (TPSA) is 88.6 Å². The summed E-state index contributed by atoms with van der Waals surface area (Å²) in [6.07, 6.45) is 1.59. The molecule has 0 aliphatic heterocycles. The molecule has 2 aromatic rings. The van der Waals surface area contributed by atoms with Crippen molar-refractivity contribution in [3.05, 3.63) is 53.5 Å². The molecule has 1 aromatic heterocycles. The predicted octanol–water partition coefficient (Wildman–Crippen LogP) is 2.97. The van der Waals surface area contributed by atoms with Gasteiger partial charge in [0.1, 0.15) is 10.7 Å². The van der Waals surface area contributed by atoms with Gasteiger partial charge >= 0.3 is 0 Å². The smallest absolute Gasteiger partial charge is 0.251 e. The summed E-state index contributed by atoms with van der Waals surface area (Å²) in [7, 11) is -4.02. The first-order valence-corrected chi connectivity index (χ1v) is 10.8. The van der Waals surface area contributed by atoms with Crippen LogP contribution in [0.5, 0.6) is 5.88 Å². The van der Waals surface area contributed by atoms with Crippen LogP contribution >= 0.6 is 0 Å². The SMILES string of the molecule is CCN(CC)S(=O)(=O)c1cc(C(=O)NCc2ccc(OC(C)C)nc2)ccc1F. The first kappa shape index (κ1) is 22.8. The molecule has 29 heavy (non-hydrogen) atoms. The maximum absolute atomic E-state index is 14.2. The van der Waals surface area contributed by atoms with Crippen LogP contribution in [0.25, 0.3) is 0 Å². The molecule has 0 atom stereocenters. The number of carbonyl (C=O) groups is 1. The number of halogens is 1. The van der Waals surface area contributed by atoms with Crippen LogP contribution in [0.2, 0.25) is 0 Å². The van der Waals surface area contributed by atoms with Crippen molar-refractivity contribution >= 4 is 15.9 Å². The van der Waals surface area contributed by atoms with E-state index in [4.69, 9.17) is 4.74 Å². The van der Waals surface area contributed by atoms with Crippen LogP contribution in [0.15, 0.2) is 41.4 Å². The van der Waals surface area contributed by atoms with Crippen molar-refractivity contribution in [2.45, 2.75) is 45.2 Å². The minimum Gasteiger partial charge on any atom is -0.475 e. The summed E-state index contributed by atoms with van der Waals surface area (Å²) in [5.74, 6) is -0.915. The number of carbonyl (C=O) groups excluding carboxylic acids is 1. The fourth-order valence-electron chi connectivity index (χ4n) is 2.66. The van der Waals surface area contributed by atoms with Crippen molar-refractivity contribution in [1.29, 1.82) is 0 Å². The van der Waals surface area contributed by atoms with Gasteiger partial charge < -0.3 is 10.1 Å². The monoisotopic (exact) mass is 423 g/mol. The second-order valence-electron chi connectivity index (χ2n) is 6.59. The number of pyridine rings is 1. The molecule has 0 bridgehead atoms. The summed E-state index contributed by atoms with van der Waals surface area (Å²) >= 11 is 0. The summed E-state index contributed by atoms with van der Waals surface area (Å²) in [6, 6.07) is 6.78. The van der Waals surface area contributed by atoms with Crippen LogP contribution < -0.4 is 10.1 Å². The van der Waals surface area contributed by atoms with Gasteiger partial charge in [0, 0.05) is 37.5 Å². The number of nitrogens with one attached hydrogen (secondary N) is 1. The Hall–Kier alpha value is -2.52. The standard InChI is InChI=1S/C20H26FN3O4S/c1-5-24(6-2)29(26,27)18-11-16(8-9-17(18)21)20(25)23-13-15-7-10-19(22-12-15)28-14(3)4/h7-12,14H,5-6,13H2,1-4H3,(H,23,25). The molecule has 0 aliphatic carbocycles. The molecule has 2 rings (SSSR count). The molecule has 1 aromatic carbocycles. The number of hydrogen-bond donors (Lipinski definition) is 1. The Labute approximate surface area is 171 Å². The summed E-state index contributed by atoms with van der Waals surface area (Å²) < 4.78 is 46.0. The Kier molecular flexibility index (Phi) is 7.69. The Morgan fingerprint density at radius 3 is 2.45 bits per heavy atom. The van der Waals surface area contributed by atoms with Crippen LogP contribution in [0, 0.1) is 5.82 Å². The third kappa shape index (κ3) is 5.74. The Balaban J connectivity index is 2.14. The molecule has 0 unspecified atom stereocenters. The van der Waals surface area contributed by atoms with E-state index in [0.717, 1.165) is 22.0 Å². The van der Waals surface area contributed by atoms with Crippen molar-refractivity contribution in [2.75, 3.05) is 13.1 Å². The van der Waals surface area contributed by atoms with E-state index in [-0.39, 0.29) is 31.3 Å². The van der Waals surface area contributed by atoms with Crippen LogP contribution in [0.3, 0.4) is 0 Å². The van der Waals surface area contributed by atoms with Gasteiger partial charge in [0.2, 0.25) is 15.9 Å². The van der Waals surface area contributed by atoms with Gasteiger partial charge in [-0.1, -0.05) is 19.9 Å². The fraction of sp³-hybridized carbons (Fsp3) is 0.400. The zero-order valence-corrected chi connectivity index (χ0v) is 17.8. The molecule has 7 nitrogen and oxygen atoms in total. The number of nitrogens with zero attached hydrogens (tertiary/aromatic N) is 2. The lowest BCUT2D eigenvalue weighted by atomic mass is 10.2. The lowest BCUT2D eigenvalue weighted by molar-refractivity contribution is 0.0950. The van der Waals surface area contributed by atoms with Gasteiger partial charge in [0.05, 0.1) is 6.10 Å². The second-order valence-corrected chi connectivity index (χ2v) is 8.49. The van der Waals surface area contributed by atoms with Crippen molar-refractivity contribution in [3.8, 4) is 5.88 Å². The molecule has 1 N–H and O–H groups in total. The molecule has 9 heteroatoms. The number of benzene rings is 1. The van der Waals surface area contributed by atoms with E-state index in [1.165, 1.54) is 6.07 Å². The largest absolute Gasteiger partial charge is 0.475 e. The van der Waals surface area contributed by atoms with E-state index in [1.54, 1.807) is 32.2 Å². The lowest BCUT2D eigenvalue weighted by Gasteiger charge is -2.19. The van der Waals surface area contributed by atoms with Crippen LogP contribution in [-0.2, 0) is 16.6 Å². The highest BCUT2D eigenvalue weighted by molar-refractivity contribution is 7.89. The van der Waals surface area contributed by atoms with Crippen LogP contribution in [0.4, 0.5) is 4.39 Å². The first-order valence-electron chi connectivity index (χ1n) is 9.38. The van der Waals surface area contributed by atoms with E-state index in [0.29, 0.717) is 5.88 Å². The molecular formula is C20H26FN3O4S. The van der Waals surface area contributed by atoms with Gasteiger partial charge in [-0.15, -0.1) is 0 Å². The zero-order valence-electron chi connectivity index (χ0n) is 17.0. The fourth-order valence-corrected chi connectivity index (χ4v) is 4.20. The molecule has 0 fully saturated rings. The minimum atomic E-state index is -4.02. The molecule has 0 saturated heterocycles. The van der Waals surface area contributed by atoms with Gasteiger partial charge in [0.25, 0.3) is 5.91 Å². The third-order valence-electron chi connectivity index (χ3n) is 4.12. The number of hydrogen-bond acceptors (Lipinski definition) is 5. The van der Waals surface area contributed by atoms with Crippen LogP contribution in [0.1, 0.15) is 43.6 Å². The van der Waals surface area contributed by atoms with E-state index in [1.807, 2.05) is 13.8 Å².